The van der Waals surface area contributed by atoms with Gasteiger partial charge in [-0.2, -0.15) is 5.10 Å². The summed E-state index contributed by atoms with van der Waals surface area (Å²) in [6.07, 6.45) is 3.92. The van der Waals surface area contributed by atoms with Crippen LogP contribution in [-0.4, -0.2) is 23.2 Å². The van der Waals surface area contributed by atoms with Crippen LogP contribution in [0.3, 0.4) is 0 Å². The van der Waals surface area contributed by atoms with Crippen LogP contribution in [0.2, 0.25) is 0 Å². The predicted molar refractivity (Wildman–Crippen MR) is 119 cm³/mol. The second-order valence-electron chi connectivity index (χ2n) is 6.73. The lowest BCUT2D eigenvalue weighted by molar-refractivity contribution is 0.103. The van der Waals surface area contributed by atoms with E-state index in [0.717, 1.165) is 43.9 Å². The van der Waals surface area contributed by atoms with Crippen LogP contribution in [0.5, 0.6) is 0 Å². The summed E-state index contributed by atoms with van der Waals surface area (Å²) in [7, 11) is 1.66. The van der Waals surface area contributed by atoms with Crippen molar-refractivity contribution >= 4 is 46.0 Å². The number of ether oxygens (including phenoxy) is 1. The van der Waals surface area contributed by atoms with Gasteiger partial charge in [0, 0.05) is 18.2 Å². The van der Waals surface area contributed by atoms with E-state index in [9.17, 15) is 4.79 Å². The van der Waals surface area contributed by atoms with Crippen molar-refractivity contribution in [1.29, 1.82) is 0 Å². The summed E-state index contributed by atoms with van der Waals surface area (Å²) in [5.74, 6) is -0.105. The van der Waals surface area contributed by atoms with Gasteiger partial charge in [-0.3, -0.25) is 9.89 Å². The summed E-state index contributed by atoms with van der Waals surface area (Å²) < 4.78 is 5.24. The molecule has 29 heavy (non-hydrogen) atoms. The number of thiophene rings is 1. The predicted octanol–water partition coefficient (Wildman–Crippen LogP) is 5.50. The number of H-pyrrole nitrogens is 1. The van der Waals surface area contributed by atoms with Crippen molar-refractivity contribution in [2.75, 3.05) is 12.4 Å². The van der Waals surface area contributed by atoms with E-state index in [-0.39, 0.29) is 5.91 Å². The summed E-state index contributed by atoms with van der Waals surface area (Å²) >= 11 is 1.44. The average Bonchev–Trinajstić information content (AvgIpc) is 3.34. The van der Waals surface area contributed by atoms with Crippen LogP contribution < -0.4 is 5.32 Å². The van der Waals surface area contributed by atoms with Gasteiger partial charge in [-0.05, 0) is 53.3 Å². The van der Waals surface area contributed by atoms with Gasteiger partial charge in [0.15, 0.2) is 0 Å². The second kappa shape index (κ2) is 8.43. The molecule has 4 rings (SSSR count). The van der Waals surface area contributed by atoms with Crippen LogP contribution >= 0.6 is 11.3 Å². The highest BCUT2D eigenvalue weighted by atomic mass is 32.1. The first-order chi connectivity index (χ1) is 14.2. The Kier molecular flexibility index (Phi) is 5.55. The van der Waals surface area contributed by atoms with Gasteiger partial charge in [-0.25, -0.2) is 0 Å². The number of aromatic amines is 1. The largest absolute Gasteiger partial charge is 0.380 e. The van der Waals surface area contributed by atoms with Crippen LogP contribution in [0.4, 0.5) is 5.69 Å². The summed E-state index contributed by atoms with van der Waals surface area (Å²) in [4.78, 5) is 13.5. The van der Waals surface area contributed by atoms with Crippen molar-refractivity contribution in [3.8, 4) is 0 Å². The molecule has 0 fully saturated rings. The third kappa shape index (κ3) is 4.13. The molecule has 0 atom stereocenters. The zero-order valence-corrected chi connectivity index (χ0v) is 17.0. The summed E-state index contributed by atoms with van der Waals surface area (Å²) in [6, 6.07) is 15.9. The van der Waals surface area contributed by atoms with E-state index in [0.29, 0.717) is 6.61 Å². The molecule has 0 spiro atoms. The van der Waals surface area contributed by atoms with Crippen LogP contribution in [0, 0.1) is 6.92 Å². The smallest absolute Gasteiger partial charge is 0.266 e. The summed E-state index contributed by atoms with van der Waals surface area (Å²) in [5, 5.41) is 13.5. The van der Waals surface area contributed by atoms with E-state index < -0.39 is 0 Å². The lowest BCUT2D eigenvalue weighted by atomic mass is 10.1. The molecule has 0 unspecified atom stereocenters. The Labute approximate surface area is 173 Å². The maximum absolute atomic E-state index is 12.8. The number of rotatable bonds is 6. The number of carbonyl (C=O) groups excluding carboxylic acids is 1. The second-order valence-corrected chi connectivity index (χ2v) is 7.65. The van der Waals surface area contributed by atoms with Gasteiger partial charge >= 0.3 is 0 Å². The summed E-state index contributed by atoms with van der Waals surface area (Å²) in [5.41, 5.74) is 5.46. The maximum atomic E-state index is 12.8. The lowest BCUT2D eigenvalue weighted by Crippen LogP contribution is -2.12. The minimum absolute atomic E-state index is 0.105. The molecule has 2 heterocycles. The van der Waals surface area contributed by atoms with E-state index in [1.54, 1.807) is 7.11 Å². The first-order valence-corrected chi connectivity index (χ1v) is 10.1. The highest BCUT2D eigenvalue weighted by molar-refractivity contribution is 7.12. The van der Waals surface area contributed by atoms with Crippen LogP contribution in [0.25, 0.3) is 23.1 Å². The Hall–Kier alpha value is -3.22. The monoisotopic (exact) mass is 403 g/mol. The SMILES string of the molecule is COCc1ccc(C=Cc2n[nH]c3ccccc23)c(NC(=O)c2sccc2C)c1. The average molecular weight is 404 g/mol. The number of hydrogen-bond acceptors (Lipinski definition) is 4. The quantitative estimate of drug-likeness (QED) is 0.447. The van der Waals surface area contributed by atoms with Gasteiger partial charge in [-0.1, -0.05) is 36.4 Å². The highest BCUT2D eigenvalue weighted by Crippen LogP contribution is 2.25. The Morgan fingerprint density at radius 3 is 2.86 bits per heavy atom. The number of carbonyl (C=O) groups is 1. The van der Waals surface area contributed by atoms with Gasteiger partial charge < -0.3 is 10.1 Å². The number of anilines is 1. The van der Waals surface area contributed by atoms with Crippen molar-refractivity contribution in [3.63, 3.8) is 0 Å². The third-order valence-electron chi connectivity index (χ3n) is 4.67. The van der Waals surface area contributed by atoms with Crippen molar-refractivity contribution < 1.29 is 9.53 Å². The standard InChI is InChI=1S/C23H21N3O2S/c1-15-11-12-29-22(15)23(27)24-21-13-16(14-28-2)7-8-17(21)9-10-20-18-5-3-4-6-19(18)25-26-20/h3-13H,14H2,1-2H3,(H,24,27)(H,25,26). The van der Waals surface area contributed by atoms with Crippen molar-refractivity contribution in [2.45, 2.75) is 13.5 Å². The lowest BCUT2D eigenvalue weighted by Gasteiger charge is -2.11. The molecule has 2 aromatic heterocycles. The molecule has 2 aromatic carbocycles. The highest BCUT2D eigenvalue weighted by Gasteiger charge is 2.13. The molecular weight excluding hydrogens is 382 g/mol. The summed E-state index contributed by atoms with van der Waals surface area (Å²) in [6.45, 7) is 2.42. The Morgan fingerprint density at radius 2 is 2.07 bits per heavy atom. The fourth-order valence-electron chi connectivity index (χ4n) is 3.18. The first kappa shape index (κ1) is 19.1. The zero-order chi connectivity index (χ0) is 20.2. The molecule has 0 aliphatic heterocycles. The molecule has 0 bridgehead atoms. The third-order valence-corrected chi connectivity index (χ3v) is 5.68. The van der Waals surface area contributed by atoms with Gasteiger partial charge in [0.2, 0.25) is 0 Å². The van der Waals surface area contributed by atoms with E-state index in [4.69, 9.17) is 4.74 Å². The molecule has 0 aliphatic carbocycles. The molecule has 4 aromatic rings. The minimum atomic E-state index is -0.105. The number of hydrogen-bond donors (Lipinski definition) is 2. The molecule has 0 radical (unpaired) electrons. The zero-order valence-electron chi connectivity index (χ0n) is 16.2. The number of methoxy groups -OCH3 is 1. The van der Waals surface area contributed by atoms with Gasteiger partial charge in [0.05, 0.1) is 22.7 Å². The number of aryl methyl sites for hydroxylation is 1. The Morgan fingerprint density at radius 1 is 1.21 bits per heavy atom. The Balaban J connectivity index is 1.67. The van der Waals surface area contributed by atoms with Crippen molar-refractivity contribution in [2.24, 2.45) is 0 Å². The molecule has 0 saturated carbocycles. The van der Waals surface area contributed by atoms with E-state index in [1.807, 2.05) is 73.0 Å². The maximum Gasteiger partial charge on any atom is 0.266 e. The number of benzene rings is 2. The molecule has 146 valence electrons. The number of nitrogens with one attached hydrogen (secondary N) is 2. The minimum Gasteiger partial charge on any atom is -0.380 e. The van der Waals surface area contributed by atoms with E-state index in [1.165, 1.54) is 11.3 Å². The number of aromatic nitrogens is 2. The van der Waals surface area contributed by atoms with E-state index >= 15 is 0 Å². The molecule has 1 amide bonds. The topological polar surface area (TPSA) is 67.0 Å². The molecule has 0 aliphatic rings. The number of amides is 1. The number of para-hydroxylation sites is 1. The van der Waals surface area contributed by atoms with E-state index in [2.05, 4.69) is 15.5 Å². The van der Waals surface area contributed by atoms with Crippen LogP contribution in [0.15, 0.2) is 53.9 Å². The first-order valence-electron chi connectivity index (χ1n) is 9.24. The normalized spacial score (nSPS) is 11.4. The van der Waals surface area contributed by atoms with Gasteiger partial charge in [-0.15, -0.1) is 11.3 Å². The van der Waals surface area contributed by atoms with Gasteiger partial charge in [0.25, 0.3) is 5.91 Å². The molecule has 5 nitrogen and oxygen atoms in total. The number of nitrogens with zero attached hydrogens (tertiary/aromatic N) is 1. The van der Waals surface area contributed by atoms with Crippen molar-refractivity contribution in [3.05, 3.63) is 81.2 Å². The fraction of sp³-hybridized carbons (Fsp3) is 0.130. The van der Waals surface area contributed by atoms with Crippen LogP contribution in [-0.2, 0) is 11.3 Å². The van der Waals surface area contributed by atoms with Gasteiger partial charge in [0.1, 0.15) is 0 Å². The van der Waals surface area contributed by atoms with Crippen molar-refractivity contribution in [1.82, 2.24) is 10.2 Å². The van der Waals surface area contributed by atoms with Crippen LogP contribution in [0.1, 0.15) is 32.1 Å². The molecular formula is C23H21N3O2S. The molecule has 6 heteroatoms. The number of fused-ring (bicyclic) bond motifs is 1. The molecule has 0 saturated heterocycles. The Bertz CT molecular complexity index is 1190. The fourth-order valence-corrected chi connectivity index (χ4v) is 4.00. The molecule has 2 N–H and O–H groups in total.